The Morgan fingerprint density at radius 2 is 2.33 bits per heavy atom. The molecular formula is C12H22N2O. The summed E-state index contributed by atoms with van der Waals surface area (Å²) in [5.74, 6) is 0.270. The quantitative estimate of drug-likeness (QED) is 0.554. The van der Waals surface area contributed by atoms with E-state index in [1.54, 1.807) is 0 Å². The smallest absolute Gasteiger partial charge is 0.222 e. The lowest BCUT2D eigenvalue weighted by Crippen LogP contribution is -2.47. The topological polar surface area (TPSA) is 46.3 Å². The van der Waals surface area contributed by atoms with Crippen LogP contribution in [0.25, 0.3) is 0 Å². The fourth-order valence-electron chi connectivity index (χ4n) is 2.12. The van der Waals surface area contributed by atoms with Crippen molar-refractivity contribution in [2.24, 2.45) is 5.73 Å². The Morgan fingerprint density at radius 1 is 1.53 bits per heavy atom. The minimum Gasteiger partial charge on any atom is -0.338 e. The monoisotopic (exact) mass is 210 g/mol. The van der Waals surface area contributed by atoms with Gasteiger partial charge in [-0.1, -0.05) is 6.08 Å². The van der Waals surface area contributed by atoms with Gasteiger partial charge in [0.25, 0.3) is 0 Å². The maximum Gasteiger partial charge on any atom is 0.222 e. The lowest BCUT2D eigenvalue weighted by atomic mass is 10.0. The van der Waals surface area contributed by atoms with E-state index in [-0.39, 0.29) is 11.9 Å². The van der Waals surface area contributed by atoms with Crippen molar-refractivity contribution in [2.45, 2.75) is 44.6 Å². The van der Waals surface area contributed by atoms with Gasteiger partial charge in [0.15, 0.2) is 0 Å². The van der Waals surface area contributed by atoms with Gasteiger partial charge >= 0.3 is 0 Å². The molecule has 1 rings (SSSR count). The average Bonchev–Trinajstić information content (AvgIpc) is 2.29. The van der Waals surface area contributed by atoms with Crippen molar-refractivity contribution in [3.63, 3.8) is 0 Å². The molecule has 0 aromatic carbocycles. The third kappa shape index (κ3) is 3.67. The number of amides is 1. The van der Waals surface area contributed by atoms with E-state index in [2.05, 4.69) is 6.58 Å². The number of hydrogen-bond donors (Lipinski definition) is 1. The zero-order chi connectivity index (χ0) is 11.1. The van der Waals surface area contributed by atoms with Crippen LogP contribution in [0.2, 0.25) is 0 Å². The predicted molar refractivity (Wildman–Crippen MR) is 62.5 cm³/mol. The van der Waals surface area contributed by atoms with Crippen LogP contribution in [0.5, 0.6) is 0 Å². The van der Waals surface area contributed by atoms with E-state index in [1.807, 2.05) is 11.0 Å². The minimum atomic E-state index is 0.270. The Balaban J connectivity index is 2.37. The molecule has 1 saturated heterocycles. The van der Waals surface area contributed by atoms with Crippen LogP contribution in [0.4, 0.5) is 0 Å². The maximum atomic E-state index is 11.9. The van der Waals surface area contributed by atoms with Crippen LogP contribution in [0.1, 0.15) is 38.5 Å². The molecule has 0 radical (unpaired) electrons. The number of carbonyl (C=O) groups excluding carboxylic acids is 1. The Hall–Kier alpha value is -0.830. The van der Waals surface area contributed by atoms with Crippen molar-refractivity contribution in [3.8, 4) is 0 Å². The van der Waals surface area contributed by atoms with Crippen LogP contribution in [0.3, 0.4) is 0 Å². The lowest BCUT2D eigenvalue weighted by Gasteiger charge is -2.35. The number of allylic oxidation sites excluding steroid dienone is 1. The molecule has 0 aliphatic carbocycles. The first kappa shape index (κ1) is 12.2. The fraction of sp³-hybridized carbons (Fsp3) is 0.750. The van der Waals surface area contributed by atoms with E-state index in [9.17, 15) is 4.79 Å². The second-order valence-corrected chi connectivity index (χ2v) is 4.15. The van der Waals surface area contributed by atoms with Gasteiger partial charge in [0.05, 0.1) is 0 Å². The van der Waals surface area contributed by atoms with Crippen LogP contribution in [0, 0.1) is 0 Å². The fourth-order valence-corrected chi connectivity index (χ4v) is 2.12. The van der Waals surface area contributed by atoms with E-state index < -0.39 is 0 Å². The summed E-state index contributed by atoms with van der Waals surface area (Å²) in [6.07, 6.45) is 7.75. The van der Waals surface area contributed by atoms with Crippen LogP contribution >= 0.6 is 0 Å². The van der Waals surface area contributed by atoms with Crippen molar-refractivity contribution in [1.29, 1.82) is 0 Å². The Bertz CT molecular complexity index is 216. The van der Waals surface area contributed by atoms with E-state index in [0.29, 0.717) is 13.0 Å². The molecule has 3 nitrogen and oxygen atoms in total. The van der Waals surface area contributed by atoms with Crippen LogP contribution in [0.15, 0.2) is 12.7 Å². The summed E-state index contributed by atoms with van der Waals surface area (Å²) < 4.78 is 0. The highest BCUT2D eigenvalue weighted by Gasteiger charge is 2.24. The third-order valence-corrected chi connectivity index (χ3v) is 3.02. The zero-order valence-corrected chi connectivity index (χ0v) is 9.45. The highest BCUT2D eigenvalue weighted by atomic mass is 16.2. The molecule has 1 unspecified atom stereocenters. The van der Waals surface area contributed by atoms with Gasteiger partial charge in [-0.25, -0.2) is 0 Å². The molecule has 0 bridgehead atoms. The molecule has 15 heavy (non-hydrogen) atoms. The molecule has 3 heteroatoms. The Morgan fingerprint density at radius 3 is 3.00 bits per heavy atom. The molecule has 2 N–H and O–H groups in total. The summed E-state index contributed by atoms with van der Waals surface area (Å²) in [6, 6.07) is 0.287. The van der Waals surface area contributed by atoms with Crippen molar-refractivity contribution < 1.29 is 4.79 Å². The zero-order valence-electron chi connectivity index (χ0n) is 9.45. The summed E-state index contributed by atoms with van der Waals surface area (Å²) in [7, 11) is 0. The number of carbonyl (C=O) groups is 1. The van der Waals surface area contributed by atoms with Gasteiger partial charge in [0.2, 0.25) is 5.91 Å². The molecule has 0 aromatic heterocycles. The molecule has 0 saturated carbocycles. The largest absolute Gasteiger partial charge is 0.338 e. The molecule has 1 aliphatic heterocycles. The second-order valence-electron chi connectivity index (χ2n) is 4.15. The van der Waals surface area contributed by atoms with Gasteiger partial charge in [0, 0.05) is 25.6 Å². The average molecular weight is 210 g/mol. The van der Waals surface area contributed by atoms with E-state index in [4.69, 9.17) is 5.73 Å². The van der Waals surface area contributed by atoms with E-state index >= 15 is 0 Å². The van der Waals surface area contributed by atoms with Gasteiger partial charge in [-0.15, -0.1) is 6.58 Å². The van der Waals surface area contributed by atoms with Gasteiger partial charge in [-0.05, 0) is 32.1 Å². The highest BCUT2D eigenvalue weighted by molar-refractivity contribution is 5.76. The van der Waals surface area contributed by atoms with E-state index in [0.717, 1.165) is 32.2 Å². The standard InChI is InChI=1S/C12H22N2O/c1-2-3-4-8-12(15)14-9-6-5-7-11(14)10-13/h2,11H,1,3-10,13H2. The van der Waals surface area contributed by atoms with Gasteiger partial charge in [-0.3, -0.25) is 4.79 Å². The van der Waals surface area contributed by atoms with Gasteiger partial charge < -0.3 is 10.6 Å². The normalized spacial score (nSPS) is 21.4. The Labute approximate surface area is 92.3 Å². The van der Waals surface area contributed by atoms with Crippen LogP contribution < -0.4 is 5.73 Å². The first-order valence-electron chi connectivity index (χ1n) is 5.90. The number of hydrogen-bond acceptors (Lipinski definition) is 2. The SMILES string of the molecule is C=CCCCC(=O)N1CCCCC1CN. The lowest BCUT2D eigenvalue weighted by molar-refractivity contribution is -0.134. The van der Waals surface area contributed by atoms with Crippen LogP contribution in [-0.2, 0) is 4.79 Å². The molecule has 0 aromatic rings. The molecule has 0 spiro atoms. The number of nitrogens with two attached hydrogens (primary N) is 1. The molecule has 1 fully saturated rings. The van der Waals surface area contributed by atoms with Crippen molar-refractivity contribution in [2.75, 3.05) is 13.1 Å². The predicted octanol–water partition coefficient (Wildman–Crippen LogP) is 1.68. The first-order valence-corrected chi connectivity index (χ1v) is 5.90. The Kier molecular flexibility index (Phi) is 5.40. The maximum absolute atomic E-state index is 11.9. The summed E-state index contributed by atoms with van der Waals surface area (Å²) in [6.45, 7) is 5.16. The van der Waals surface area contributed by atoms with Crippen LogP contribution in [-0.4, -0.2) is 29.9 Å². The number of piperidine rings is 1. The highest BCUT2D eigenvalue weighted by Crippen LogP contribution is 2.17. The van der Waals surface area contributed by atoms with Gasteiger partial charge in [0.1, 0.15) is 0 Å². The summed E-state index contributed by atoms with van der Waals surface area (Å²) in [5, 5.41) is 0. The summed E-state index contributed by atoms with van der Waals surface area (Å²) in [4.78, 5) is 13.9. The molecule has 86 valence electrons. The summed E-state index contributed by atoms with van der Waals surface area (Å²) in [5.41, 5.74) is 5.68. The molecule has 1 aliphatic rings. The van der Waals surface area contributed by atoms with Crippen molar-refractivity contribution >= 4 is 5.91 Å². The number of rotatable bonds is 5. The third-order valence-electron chi connectivity index (χ3n) is 3.02. The molecule has 1 amide bonds. The van der Waals surface area contributed by atoms with E-state index in [1.165, 1.54) is 6.42 Å². The number of nitrogens with zero attached hydrogens (tertiary/aromatic N) is 1. The minimum absolute atomic E-state index is 0.270. The van der Waals surface area contributed by atoms with Crippen molar-refractivity contribution in [3.05, 3.63) is 12.7 Å². The van der Waals surface area contributed by atoms with Gasteiger partial charge in [-0.2, -0.15) is 0 Å². The molecular weight excluding hydrogens is 188 g/mol. The second kappa shape index (κ2) is 6.62. The number of likely N-dealkylation sites (tertiary alicyclic amines) is 1. The number of unbranched alkanes of at least 4 members (excludes halogenated alkanes) is 1. The first-order chi connectivity index (χ1) is 7.29. The summed E-state index contributed by atoms with van der Waals surface area (Å²) >= 11 is 0. The van der Waals surface area contributed by atoms with Crippen molar-refractivity contribution in [1.82, 2.24) is 4.90 Å². The molecule has 1 atom stereocenters. The molecule has 1 heterocycles.